The number of guanidine groups is 1. The first-order valence-corrected chi connectivity index (χ1v) is 8.01. The van der Waals surface area contributed by atoms with Gasteiger partial charge in [-0.05, 0) is 31.7 Å². The molecule has 0 saturated heterocycles. The third-order valence-electron chi connectivity index (χ3n) is 3.67. The third kappa shape index (κ3) is 5.64. The molecular weight excluding hydrogens is 281 g/mol. The zero-order valence-corrected chi connectivity index (χ0v) is 13.5. The van der Waals surface area contributed by atoms with Crippen molar-refractivity contribution in [3.05, 3.63) is 35.6 Å². The molecule has 1 aromatic carbocycles. The molecule has 1 fully saturated rings. The monoisotopic (exact) mass is 307 g/mol. The Balaban J connectivity index is 1.83. The summed E-state index contributed by atoms with van der Waals surface area (Å²) >= 11 is 0. The maximum absolute atomic E-state index is 13.6. The summed E-state index contributed by atoms with van der Waals surface area (Å²) in [5, 5.41) is 3.23. The largest absolute Gasteiger partial charge is 0.379 e. The molecule has 1 aromatic rings. The summed E-state index contributed by atoms with van der Waals surface area (Å²) in [6, 6.07) is 6.75. The Hall–Kier alpha value is -1.62. The SMILES string of the molecule is CCNC(=NCc1ccccc1F)N(C)CCOCC1CC1. The van der Waals surface area contributed by atoms with E-state index in [4.69, 9.17) is 4.74 Å². The van der Waals surface area contributed by atoms with Gasteiger partial charge in [0.05, 0.1) is 13.2 Å². The van der Waals surface area contributed by atoms with Crippen LogP contribution in [0.2, 0.25) is 0 Å². The fourth-order valence-corrected chi connectivity index (χ4v) is 2.10. The van der Waals surface area contributed by atoms with E-state index in [1.165, 1.54) is 18.9 Å². The van der Waals surface area contributed by atoms with E-state index in [0.29, 0.717) is 18.7 Å². The van der Waals surface area contributed by atoms with Gasteiger partial charge in [-0.25, -0.2) is 9.38 Å². The van der Waals surface area contributed by atoms with E-state index in [2.05, 4.69) is 10.3 Å². The average Bonchev–Trinajstić information content (AvgIpc) is 3.33. The Labute approximate surface area is 132 Å². The number of hydrogen-bond donors (Lipinski definition) is 1. The lowest BCUT2D eigenvalue weighted by Gasteiger charge is -2.22. The zero-order chi connectivity index (χ0) is 15.8. The van der Waals surface area contributed by atoms with Gasteiger partial charge < -0.3 is 15.0 Å². The van der Waals surface area contributed by atoms with E-state index in [1.807, 2.05) is 24.9 Å². The minimum absolute atomic E-state index is 0.211. The predicted octanol–water partition coefficient (Wildman–Crippen LogP) is 2.65. The lowest BCUT2D eigenvalue weighted by molar-refractivity contribution is 0.115. The van der Waals surface area contributed by atoms with Crippen molar-refractivity contribution in [1.29, 1.82) is 0 Å². The van der Waals surface area contributed by atoms with Crippen molar-refractivity contribution < 1.29 is 9.13 Å². The summed E-state index contributed by atoms with van der Waals surface area (Å²) < 4.78 is 19.3. The van der Waals surface area contributed by atoms with Crippen molar-refractivity contribution >= 4 is 5.96 Å². The molecule has 0 atom stereocenters. The van der Waals surface area contributed by atoms with Gasteiger partial charge in [0.25, 0.3) is 0 Å². The zero-order valence-electron chi connectivity index (χ0n) is 13.5. The smallest absolute Gasteiger partial charge is 0.194 e. The Bertz CT molecular complexity index is 489. The standard InChI is InChI=1S/C17H26FN3O/c1-3-19-17(20-12-15-6-4-5-7-16(15)18)21(2)10-11-22-13-14-8-9-14/h4-7,14H,3,8-13H2,1-2H3,(H,19,20). The second-order valence-corrected chi connectivity index (χ2v) is 5.70. The number of hydrogen-bond acceptors (Lipinski definition) is 2. The van der Waals surface area contributed by atoms with Crippen molar-refractivity contribution in [2.75, 3.05) is 33.4 Å². The molecule has 0 radical (unpaired) electrons. The van der Waals surface area contributed by atoms with Crippen LogP contribution in [0.1, 0.15) is 25.3 Å². The number of aliphatic imine (C=N–C) groups is 1. The average molecular weight is 307 g/mol. The molecule has 2 rings (SSSR count). The topological polar surface area (TPSA) is 36.9 Å². The van der Waals surface area contributed by atoms with Gasteiger partial charge in [-0.2, -0.15) is 0 Å². The molecule has 0 aromatic heterocycles. The van der Waals surface area contributed by atoms with Crippen LogP contribution in [-0.4, -0.2) is 44.2 Å². The molecule has 1 aliphatic carbocycles. The van der Waals surface area contributed by atoms with Crippen molar-refractivity contribution in [3.8, 4) is 0 Å². The molecule has 22 heavy (non-hydrogen) atoms. The lowest BCUT2D eigenvalue weighted by Crippen LogP contribution is -2.40. The Kier molecular flexibility index (Phi) is 6.65. The van der Waals surface area contributed by atoms with E-state index in [-0.39, 0.29) is 5.82 Å². The number of likely N-dealkylation sites (N-methyl/N-ethyl adjacent to an activating group) is 1. The molecule has 0 amide bonds. The highest BCUT2D eigenvalue weighted by atomic mass is 19.1. The van der Waals surface area contributed by atoms with E-state index < -0.39 is 0 Å². The van der Waals surface area contributed by atoms with E-state index in [0.717, 1.165) is 31.6 Å². The van der Waals surface area contributed by atoms with Gasteiger partial charge >= 0.3 is 0 Å². The number of halogens is 1. The summed E-state index contributed by atoms with van der Waals surface area (Å²) in [6.45, 7) is 5.48. The third-order valence-corrected chi connectivity index (χ3v) is 3.67. The van der Waals surface area contributed by atoms with Crippen LogP contribution >= 0.6 is 0 Å². The number of nitrogens with zero attached hydrogens (tertiary/aromatic N) is 2. The highest BCUT2D eigenvalue weighted by molar-refractivity contribution is 5.79. The molecule has 1 aliphatic rings. The summed E-state index contributed by atoms with van der Waals surface area (Å²) in [4.78, 5) is 6.53. The molecule has 0 heterocycles. The van der Waals surface area contributed by atoms with Gasteiger partial charge in [-0.15, -0.1) is 0 Å². The second kappa shape index (κ2) is 8.73. The number of nitrogens with one attached hydrogen (secondary N) is 1. The molecule has 4 nitrogen and oxygen atoms in total. The van der Waals surface area contributed by atoms with Crippen LogP contribution in [0.3, 0.4) is 0 Å². The van der Waals surface area contributed by atoms with Crippen molar-refractivity contribution in [2.45, 2.75) is 26.3 Å². The van der Waals surface area contributed by atoms with Crippen molar-refractivity contribution in [2.24, 2.45) is 10.9 Å². The van der Waals surface area contributed by atoms with Crippen LogP contribution in [0.5, 0.6) is 0 Å². The van der Waals surface area contributed by atoms with Crippen molar-refractivity contribution in [1.82, 2.24) is 10.2 Å². The highest BCUT2D eigenvalue weighted by Gasteiger charge is 2.21. The first-order valence-electron chi connectivity index (χ1n) is 8.01. The molecule has 122 valence electrons. The van der Waals surface area contributed by atoms with Crippen LogP contribution in [-0.2, 0) is 11.3 Å². The van der Waals surface area contributed by atoms with Crippen LogP contribution in [0.25, 0.3) is 0 Å². The number of ether oxygens (including phenoxy) is 1. The molecular formula is C17H26FN3O. The molecule has 5 heteroatoms. The summed E-state index contributed by atoms with van der Waals surface area (Å²) in [5.41, 5.74) is 0.608. The summed E-state index contributed by atoms with van der Waals surface area (Å²) in [7, 11) is 1.98. The first-order chi connectivity index (χ1) is 10.7. The summed E-state index contributed by atoms with van der Waals surface area (Å²) in [6.07, 6.45) is 2.62. The minimum Gasteiger partial charge on any atom is -0.379 e. The van der Waals surface area contributed by atoms with Crippen LogP contribution in [0.4, 0.5) is 4.39 Å². The van der Waals surface area contributed by atoms with Gasteiger partial charge in [0.2, 0.25) is 0 Å². The number of rotatable bonds is 8. The minimum atomic E-state index is -0.211. The van der Waals surface area contributed by atoms with Gasteiger partial charge in [0.15, 0.2) is 5.96 Å². The molecule has 0 spiro atoms. The molecule has 0 unspecified atom stereocenters. The normalized spacial score (nSPS) is 15.0. The van der Waals surface area contributed by atoms with E-state index >= 15 is 0 Å². The lowest BCUT2D eigenvalue weighted by atomic mass is 10.2. The van der Waals surface area contributed by atoms with Crippen LogP contribution in [0, 0.1) is 11.7 Å². The first kappa shape index (κ1) is 16.7. The van der Waals surface area contributed by atoms with Gasteiger partial charge in [0, 0.05) is 32.3 Å². The molecule has 1 N–H and O–H groups in total. The molecule has 0 aliphatic heterocycles. The quantitative estimate of drug-likeness (QED) is 0.456. The second-order valence-electron chi connectivity index (χ2n) is 5.70. The fraction of sp³-hybridized carbons (Fsp3) is 0.588. The predicted molar refractivity (Wildman–Crippen MR) is 87.4 cm³/mol. The Morgan fingerprint density at radius 3 is 2.86 bits per heavy atom. The maximum atomic E-state index is 13.6. The Morgan fingerprint density at radius 1 is 1.41 bits per heavy atom. The van der Waals surface area contributed by atoms with Gasteiger partial charge in [-0.1, -0.05) is 18.2 Å². The van der Waals surface area contributed by atoms with E-state index in [1.54, 1.807) is 12.1 Å². The van der Waals surface area contributed by atoms with Gasteiger partial charge in [0.1, 0.15) is 5.82 Å². The summed E-state index contributed by atoms with van der Waals surface area (Å²) in [5.74, 6) is 1.35. The number of benzene rings is 1. The van der Waals surface area contributed by atoms with Crippen LogP contribution < -0.4 is 5.32 Å². The van der Waals surface area contributed by atoms with Gasteiger partial charge in [-0.3, -0.25) is 0 Å². The maximum Gasteiger partial charge on any atom is 0.194 e. The highest BCUT2D eigenvalue weighted by Crippen LogP contribution is 2.28. The van der Waals surface area contributed by atoms with Crippen LogP contribution in [0.15, 0.2) is 29.3 Å². The molecule has 1 saturated carbocycles. The Morgan fingerprint density at radius 2 is 2.18 bits per heavy atom. The van der Waals surface area contributed by atoms with E-state index in [9.17, 15) is 4.39 Å². The fourth-order valence-electron chi connectivity index (χ4n) is 2.10. The van der Waals surface area contributed by atoms with Crippen molar-refractivity contribution in [3.63, 3.8) is 0 Å². The molecule has 0 bridgehead atoms.